The van der Waals surface area contributed by atoms with Gasteiger partial charge in [-0.05, 0) is 42.5 Å². The number of methoxy groups -OCH3 is 1. The topological polar surface area (TPSA) is 124 Å². The largest absolute Gasteiger partial charge is 0.493 e. The van der Waals surface area contributed by atoms with Gasteiger partial charge >= 0.3 is 0 Å². The number of nitrogens with zero attached hydrogens (tertiary/aromatic N) is 1. The van der Waals surface area contributed by atoms with Gasteiger partial charge in [-0.1, -0.05) is 24.3 Å². The van der Waals surface area contributed by atoms with Crippen LogP contribution in [0.5, 0.6) is 17.2 Å². The Hall–Kier alpha value is -4.53. The Balaban J connectivity index is 1.46. The van der Waals surface area contributed by atoms with E-state index in [9.17, 15) is 9.59 Å². The molecule has 3 aromatic rings. The number of carbonyl (C=O) groups excluding carboxylic acids is 2. The van der Waals surface area contributed by atoms with Gasteiger partial charge < -0.3 is 25.3 Å². The lowest BCUT2D eigenvalue weighted by molar-refractivity contribution is 0.0974. The van der Waals surface area contributed by atoms with Crippen molar-refractivity contribution in [2.75, 3.05) is 19.2 Å². The molecule has 1 heterocycles. The number of hydrogen-bond acceptors (Lipinski definition) is 6. The van der Waals surface area contributed by atoms with E-state index in [1.54, 1.807) is 48.5 Å². The molecule has 0 aliphatic carbocycles. The number of nitrogens with one attached hydrogen (secondary N) is 2. The van der Waals surface area contributed by atoms with E-state index >= 15 is 0 Å². The van der Waals surface area contributed by atoms with Gasteiger partial charge in [-0.2, -0.15) is 0 Å². The average molecular weight is 432 g/mol. The van der Waals surface area contributed by atoms with Crippen molar-refractivity contribution in [3.63, 3.8) is 0 Å². The number of amides is 2. The lowest BCUT2D eigenvalue weighted by Crippen LogP contribution is -2.36. The Morgan fingerprint density at radius 3 is 2.56 bits per heavy atom. The molecule has 32 heavy (non-hydrogen) atoms. The summed E-state index contributed by atoms with van der Waals surface area (Å²) in [6, 6.07) is 18.7. The zero-order valence-corrected chi connectivity index (χ0v) is 17.1. The first kappa shape index (κ1) is 20.7. The Morgan fingerprint density at radius 2 is 1.78 bits per heavy atom. The maximum Gasteiger partial charge on any atom is 0.258 e. The minimum atomic E-state index is -0.489. The predicted octanol–water partition coefficient (Wildman–Crippen LogP) is 3.05. The van der Waals surface area contributed by atoms with Crippen molar-refractivity contribution in [3.05, 3.63) is 77.9 Å². The van der Waals surface area contributed by atoms with Crippen LogP contribution in [0.3, 0.4) is 0 Å². The fourth-order valence-corrected chi connectivity index (χ4v) is 3.06. The Morgan fingerprint density at radius 1 is 0.969 bits per heavy atom. The molecule has 0 spiro atoms. The number of hydrogen-bond donors (Lipinski definition) is 3. The second kappa shape index (κ2) is 9.09. The summed E-state index contributed by atoms with van der Waals surface area (Å²) in [6.07, 6.45) is 0. The Bertz CT molecular complexity index is 1190. The molecular weight excluding hydrogens is 412 g/mol. The smallest absolute Gasteiger partial charge is 0.258 e. The van der Waals surface area contributed by atoms with Gasteiger partial charge in [0, 0.05) is 16.8 Å². The van der Waals surface area contributed by atoms with Gasteiger partial charge in [-0.25, -0.2) is 4.99 Å². The maximum absolute atomic E-state index is 12.6. The average Bonchev–Trinajstić information content (AvgIpc) is 3.28. The number of aliphatic imine (C=N–C) groups is 1. The molecule has 0 bridgehead atoms. The molecule has 0 saturated carbocycles. The molecule has 4 rings (SSSR count). The number of nitrogens with two attached hydrogens (primary N) is 1. The summed E-state index contributed by atoms with van der Waals surface area (Å²) < 4.78 is 15.9. The summed E-state index contributed by atoms with van der Waals surface area (Å²) in [7, 11) is 1.47. The van der Waals surface area contributed by atoms with Crippen LogP contribution in [0.15, 0.2) is 71.7 Å². The van der Waals surface area contributed by atoms with E-state index in [4.69, 9.17) is 19.9 Å². The molecule has 0 fully saturated rings. The van der Waals surface area contributed by atoms with Gasteiger partial charge in [-0.3, -0.25) is 14.9 Å². The molecule has 0 atom stereocenters. The molecule has 0 unspecified atom stereocenters. The predicted molar refractivity (Wildman–Crippen MR) is 119 cm³/mol. The highest BCUT2D eigenvalue weighted by Gasteiger charge is 2.22. The Labute approximate surface area is 183 Å². The second-order valence-electron chi connectivity index (χ2n) is 6.73. The number of fused-ring (bicyclic) bond motifs is 1. The van der Waals surface area contributed by atoms with Crippen LogP contribution < -0.4 is 30.6 Å². The third-order valence-electron chi connectivity index (χ3n) is 4.55. The van der Waals surface area contributed by atoms with E-state index < -0.39 is 5.91 Å². The minimum absolute atomic E-state index is 0.0531. The van der Waals surface area contributed by atoms with Crippen molar-refractivity contribution in [1.82, 2.24) is 5.32 Å². The highest BCUT2D eigenvalue weighted by atomic mass is 16.7. The minimum Gasteiger partial charge on any atom is -0.493 e. The highest BCUT2D eigenvalue weighted by Crippen LogP contribution is 2.41. The summed E-state index contributed by atoms with van der Waals surface area (Å²) in [5.74, 6) is 0.383. The van der Waals surface area contributed by atoms with Gasteiger partial charge in [0.2, 0.25) is 18.5 Å². The fourth-order valence-electron chi connectivity index (χ4n) is 3.06. The third-order valence-corrected chi connectivity index (χ3v) is 4.55. The Kier molecular flexibility index (Phi) is 5.89. The van der Waals surface area contributed by atoms with Gasteiger partial charge in [-0.15, -0.1) is 0 Å². The van der Waals surface area contributed by atoms with Crippen molar-refractivity contribution in [2.45, 2.75) is 0 Å². The number of ether oxygens (including phenoxy) is 3. The summed E-state index contributed by atoms with van der Waals surface area (Å²) >= 11 is 0. The van der Waals surface area contributed by atoms with Crippen LogP contribution in [0, 0.1) is 0 Å². The lowest BCUT2D eigenvalue weighted by Gasteiger charge is -2.09. The van der Waals surface area contributed by atoms with E-state index in [0.717, 1.165) is 0 Å². The van der Waals surface area contributed by atoms with Crippen LogP contribution >= 0.6 is 0 Å². The van der Waals surface area contributed by atoms with E-state index in [2.05, 4.69) is 15.6 Å². The summed E-state index contributed by atoms with van der Waals surface area (Å²) in [5, 5.41) is 5.32. The van der Waals surface area contributed by atoms with Crippen LogP contribution in [0.1, 0.15) is 20.7 Å². The first-order chi connectivity index (χ1) is 15.5. The first-order valence-corrected chi connectivity index (χ1v) is 9.63. The molecule has 4 N–H and O–H groups in total. The van der Waals surface area contributed by atoms with Crippen molar-refractivity contribution in [1.29, 1.82) is 0 Å². The van der Waals surface area contributed by atoms with E-state index in [0.29, 0.717) is 34.2 Å². The molecule has 0 radical (unpaired) electrons. The summed E-state index contributed by atoms with van der Waals surface area (Å²) in [5.41, 5.74) is 7.72. The number of guanidine groups is 1. The van der Waals surface area contributed by atoms with Crippen molar-refractivity contribution in [3.8, 4) is 17.2 Å². The van der Waals surface area contributed by atoms with Crippen LogP contribution in [0.4, 0.5) is 11.4 Å². The molecule has 9 heteroatoms. The first-order valence-electron chi connectivity index (χ1n) is 9.63. The zero-order chi connectivity index (χ0) is 22.5. The van der Waals surface area contributed by atoms with E-state index in [1.807, 2.05) is 6.07 Å². The zero-order valence-electron chi connectivity index (χ0n) is 17.1. The summed E-state index contributed by atoms with van der Waals surface area (Å²) in [4.78, 5) is 29.1. The molecule has 162 valence electrons. The number of rotatable bonds is 5. The molecule has 0 aromatic heterocycles. The SMILES string of the molecule is COc1cc(C(=O)NC(N)=Nc2cccc(NC(=O)c3ccccc3)c2)cc2c1OCO2. The molecule has 9 nitrogen and oxygen atoms in total. The van der Waals surface area contributed by atoms with Crippen LogP contribution in [-0.4, -0.2) is 31.7 Å². The van der Waals surface area contributed by atoms with E-state index in [-0.39, 0.29) is 24.2 Å². The summed E-state index contributed by atoms with van der Waals surface area (Å²) in [6.45, 7) is 0.0531. The van der Waals surface area contributed by atoms with Gasteiger partial charge in [0.25, 0.3) is 11.8 Å². The molecule has 2 amide bonds. The lowest BCUT2D eigenvalue weighted by atomic mass is 10.1. The van der Waals surface area contributed by atoms with Crippen molar-refractivity contribution in [2.24, 2.45) is 10.7 Å². The van der Waals surface area contributed by atoms with Gasteiger partial charge in [0.1, 0.15) is 0 Å². The number of anilines is 1. The van der Waals surface area contributed by atoms with Crippen molar-refractivity contribution < 1.29 is 23.8 Å². The molecule has 0 saturated heterocycles. The molecular formula is C23H20N4O5. The third kappa shape index (κ3) is 4.62. The van der Waals surface area contributed by atoms with Crippen LogP contribution in [0.25, 0.3) is 0 Å². The molecule has 1 aliphatic rings. The van der Waals surface area contributed by atoms with Gasteiger partial charge in [0.15, 0.2) is 11.5 Å². The quantitative estimate of drug-likeness (QED) is 0.420. The standard InChI is InChI=1S/C23H20N4O5/c1-30-18-10-15(11-19-20(18)32-13-31-19)22(29)27-23(24)26-17-9-5-8-16(12-17)25-21(28)14-6-3-2-4-7-14/h2-12H,13H2,1H3,(H,25,28)(H3,24,26,27,29). The normalized spacial score (nSPS) is 12.2. The number of benzene rings is 3. The fraction of sp³-hybridized carbons (Fsp3) is 0.0870. The molecule has 1 aliphatic heterocycles. The number of carbonyl (C=O) groups is 2. The van der Waals surface area contributed by atoms with Crippen LogP contribution in [-0.2, 0) is 0 Å². The monoisotopic (exact) mass is 432 g/mol. The van der Waals surface area contributed by atoms with E-state index in [1.165, 1.54) is 19.2 Å². The molecule has 3 aromatic carbocycles. The van der Waals surface area contributed by atoms with Gasteiger partial charge in [0.05, 0.1) is 12.8 Å². The van der Waals surface area contributed by atoms with Crippen molar-refractivity contribution >= 4 is 29.1 Å². The second-order valence-corrected chi connectivity index (χ2v) is 6.73. The maximum atomic E-state index is 12.6. The van der Waals surface area contributed by atoms with Crippen LogP contribution in [0.2, 0.25) is 0 Å². The highest BCUT2D eigenvalue weighted by molar-refractivity contribution is 6.07.